The number of aromatic nitrogens is 2. The third-order valence-electron chi connectivity index (χ3n) is 4.27. The van der Waals surface area contributed by atoms with Gasteiger partial charge in [-0.25, -0.2) is 0 Å². The molecule has 0 atom stereocenters. The Morgan fingerprint density at radius 3 is 2.39 bits per heavy atom. The summed E-state index contributed by atoms with van der Waals surface area (Å²) in [6.45, 7) is -1.71. The largest absolute Gasteiger partial charge is 0.456 e. The molecule has 33 heavy (non-hydrogen) atoms. The fraction of sp³-hybridized carbons (Fsp3) is 0.227. The maximum atomic E-state index is 12.1. The van der Waals surface area contributed by atoms with E-state index in [1.54, 1.807) is 0 Å². The second kappa shape index (κ2) is 10.9. The first-order valence-corrected chi connectivity index (χ1v) is 9.74. The Morgan fingerprint density at radius 1 is 1.03 bits per heavy atom. The van der Waals surface area contributed by atoms with Gasteiger partial charge >= 0.3 is 12.6 Å². The zero-order chi connectivity index (χ0) is 23.8. The van der Waals surface area contributed by atoms with Crippen LogP contribution in [-0.2, 0) is 20.7 Å². The number of aryl methyl sites for hydroxylation is 2. The van der Waals surface area contributed by atoms with Crippen molar-refractivity contribution in [2.45, 2.75) is 26.4 Å². The smallest absolute Gasteiger partial charge is 0.387 e. The van der Waals surface area contributed by atoms with Gasteiger partial charge in [0.1, 0.15) is 5.75 Å². The zero-order valence-corrected chi connectivity index (χ0v) is 17.4. The Kier molecular flexibility index (Phi) is 7.79. The van der Waals surface area contributed by atoms with Crippen LogP contribution in [0.25, 0.3) is 11.5 Å². The molecule has 3 aromatic rings. The van der Waals surface area contributed by atoms with Crippen molar-refractivity contribution in [3.8, 4) is 17.2 Å². The van der Waals surface area contributed by atoms with Crippen molar-refractivity contribution in [3.63, 3.8) is 0 Å². The Morgan fingerprint density at radius 2 is 1.73 bits per heavy atom. The summed E-state index contributed by atoms with van der Waals surface area (Å²) in [6, 6.07) is 12.2. The summed E-state index contributed by atoms with van der Waals surface area (Å²) in [6.07, 6.45) is 0.00758. The number of benzene rings is 2. The van der Waals surface area contributed by atoms with E-state index >= 15 is 0 Å². The SMILES string of the molecule is Cc1ccc(-c2nnc(CCC(=O)OCC(=O)NC(=O)c3ccc(OC(F)F)cc3)o2)cc1. The molecular weight excluding hydrogens is 440 g/mol. The lowest BCUT2D eigenvalue weighted by molar-refractivity contribution is -0.148. The Bertz CT molecular complexity index is 1110. The number of halogens is 2. The van der Waals surface area contributed by atoms with Gasteiger partial charge in [0.15, 0.2) is 6.61 Å². The number of alkyl halides is 2. The molecule has 1 heterocycles. The summed E-state index contributed by atoms with van der Waals surface area (Å²) in [5, 5.41) is 9.84. The molecule has 0 aliphatic rings. The summed E-state index contributed by atoms with van der Waals surface area (Å²) < 4.78 is 38.8. The average molecular weight is 459 g/mol. The minimum atomic E-state index is -2.99. The number of carbonyl (C=O) groups is 3. The highest BCUT2D eigenvalue weighted by Gasteiger charge is 2.15. The van der Waals surface area contributed by atoms with E-state index in [0.29, 0.717) is 5.89 Å². The first-order valence-electron chi connectivity index (χ1n) is 9.74. The van der Waals surface area contributed by atoms with Gasteiger partial charge < -0.3 is 13.9 Å². The van der Waals surface area contributed by atoms with Gasteiger partial charge in [0.2, 0.25) is 11.8 Å². The van der Waals surface area contributed by atoms with E-state index in [1.807, 2.05) is 36.5 Å². The zero-order valence-electron chi connectivity index (χ0n) is 17.4. The molecule has 1 aromatic heterocycles. The predicted octanol–water partition coefficient (Wildman–Crippen LogP) is 3.08. The van der Waals surface area contributed by atoms with Crippen LogP contribution in [0.4, 0.5) is 8.78 Å². The van der Waals surface area contributed by atoms with E-state index in [4.69, 9.17) is 9.15 Å². The van der Waals surface area contributed by atoms with Crippen molar-refractivity contribution >= 4 is 17.8 Å². The summed E-state index contributed by atoms with van der Waals surface area (Å²) in [5.74, 6) is -1.89. The highest BCUT2D eigenvalue weighted by atomic mass is 19.3. The second-order valence-corrected chi connectivity index (χ2v) is 6.81. The van der Waals surface area contributed by atoms with Crippen LogP contribution in [0.2, 0.25) is 0 Å². The van der Waals surface area contributed by atoms with Gasteiger partial charge in [0, 0.05) is 17.5 Å². The summed E-state index contributed by atoms with van der Waals surface area (Å²) in [7, 11) is 0. The van der Waals surface area contributed by atoms with Crippen LogP contribution >= 0.6 is 0 Å². The molecule has 0 unspecified atom stereocenters. The van der Waals surface area contributed by atoms with Crippen LogP contribution in [-0.4, -0.2) is 41.2 Å². The number of ether oxygens (including phenoxy) is 2. The molecule has 0 radical (unpaired) electrons. The molecule has 1 N–H and O–H groups in total. The third-order valence-corrected chi connectivity index (χ3v) is 4.27. The molecule has 2 amide bonds. The molecule has 0 saturated heterocycles. The van der Waals surface area contributed by atoms with Crippen molar-refractivity contribution in [3.05, 3.63) is 65.5 Å². The second-order valence-electron chi connectivity index (χ2n) is 6.81. The fourth-order valence-corrected chi connectivity index (χ4v) is 2.62. The van der Waals surface area contributed by atoms with E-state index < -0.39 is 31.0 Å². The predicted molar refractivity (Wildman–Crippen MR) is 109 cm³/mol. The Balaban J connectivity index is 1.40. The molecule has 0 bridgehead atoms. The number of rotatable bonds is 9. The number of carbonyl (C=O) groups excluding carboxylic acids is 3. The van der Waals surface area contributed by atoms with Gasteiger partial charge in [0.05, 0.1) is 6.42 Å². The standard InChI is InChI=1S/C22H19F2N3O6/c1-13-2-4-15(5-3-13)21-27-26-18(33-21)10-11-19(29)31-12-17(28)25-20(30)14-6-8-16(9-7-14)32-22(23)24/h2-9,22H,10-12H2,1H3,(H,25,28,30). The lowest BCUT2D eigenvalue weighted by Gasteiger charge is -2.07. The van der Waals surface area contributed by atoms with Crippen molar-refractivity contribution < 1.29 is 37.1 Å². The maximum Gasteiger partial charge on any atom is 0.387 e. The van der Waals surface area contributed by atoms with Gasteiger partial charge in [-0.2, -0.15) is 8.78 Å². The van der Waals surface area contributed by atoms with E-state index in [0.717, 1.165) is 23.3 Å². The quantitative estimate of drug-likeness (QED) is 0.485. The number of esters is 1. The first kappa shape index (κ1) is 23.5. The summed E-state index contributed by atoms with van der Waals surface area (Å²) in [4.78, 5) is 35.7. The minimum absolute atomic E-state index is 0.0390. The fourth-order valence-electron chi connectivity index (χ4n) is 2.62. The monoisotopic (exact) mass is 459 g/mol. The first-order chi connectivity index (χ1) is 15.8. The van der Waals surface area contributed by atoms with Crippen LogP contribution in [0.1, 0.15) is 28.2 Å². The van der Waals surface area contributed by atoms with Gasteiger partial charge in [0.25, 0.3) is 11.8 Å². The highest BCUT2D eigenvalue weighted by molar-refractivity contribution is 6.05. The molecular formula is C22H19F2N3O6. The van der Waals surface area contributed by atoms with Crippen LogP contribution in [0.3, 0.4) is 0 Å². The molecule has 3 rings (SSSR count). The minimum Gasteiger partial charge on any atom is -0.456 e. The van der Waals surface area contributed by atoms with E-state index in [2.05, 4.69) is 14.9 Å². The van der Waals surface area contributed by atoms with Crippen LogP contribution in [0.15, 0.2) is 52.9 Å². The molecule has 9 nitrogen and oxygen atoms in total. The number of amides is 2. The van der Waals surface area contributed by atoms with Crippen molar-refractivity contribution in [1.29, 1.82) is 0 Å². The normalized spacial score (nSPS) is 10.7. The topological polar surface area (TPSA) is 121 Å². The van der Waals surface area contributed by atoms with Gasteiger partial charge in [-0.1, -0.05) is 17.7 Å². The van der Waals surface area contributed by atoms with Crippen LogP contribution in [0.5, 0.6) is 5.75 Å². The summed E-state index contributed by atoms with van der Waals surface area (Å²) in [5.41, 5.74) is 1.88. The molecule has 172 valence electrons. The lowest BCUT2D eigenvalue weighted by atomic mass is 10.1. The Hall–Kier alpha value is -4.15. The average Bonchev–Trinajstić information content (AvgIpc) is 3.26. The molecule has 0 saturated carbocycles. The maximum absolute atomic E-state index is 12.1. The molecule has 0 fully saturated rings. The van der Waals surface area contributed by atoms with Crippen molar-refractivity contribution in [2.75, 3.05) is 6.61 Å². The molecule has 11 heteroatoms. The van der Waals surface area contributed by atoms with Gasteiger partial charge in [-0.15, -0.1) is 10.2 Å². The number of nitrogens with one attached hydrogen (secondary N) is 1. The number of hydrogen-bond donors (Lipinski definition) is 1. The lowest BCUT2D eigenvalue weighted by Crippen LogP contribution is -2.34. The highest BCUT2D eigenvalue weighted by Crippen LogP contribution is 2.19. The summed E-state index contributed by atoms with van der Waals surface area (Å²) >= 11 is 0. The van der Waals surface area contributed by atoms with E-state index in [1.165, 1.54) is 12.1 Å². The van der Waals surface area contributed by atoms with E-state index in [-0.39, 0.29) is 30.0 Å². The van der Waals surface area contributed by atoms with E-state index in [9.17, 15) is 23.2 Å². The van der Waals surface area contributed by atoms with Gasteiger partial charge in [-0.05, 0) is 43.3 Å². The molecule has 2 aromatic carbocycles. The third kappa shape index (κ3) is 7.20. The number of imide groups is 1. The number of hydrogen-bond acceptors (Lipinski definition) is 8. The van der Waals surface area contributed by atoms with Crippen LogP contribution < -0.4 is 10.1 Å². The number of nitrogens with zero attached hydrogens (tertiary/aromatic N) is 2. The van der Waals surface area contributed by atoms with Gasteiger partial charge in [-0.3, -0.25) is 19.7 Å². The molecule has 0 spiro atoms. The van der Waals surface area contributed by atoms with Crippen molar-refractivity contribution in [2.24, 2.45) is 0 Å². The van der Waals surface area contributed by atoms with Crippen LogP contribution in [0, 0.1) is 6.92 Å². The molecule has 0 aliphatic carbocycles. The Labute approximate surface area is 186 Å². The molecule has 0 aliphatic heterocycles. The van der Waals surface area contributed by atoms with Crippen molar-refractivity contribution in [1.82, 2.24) is 15.5 Å².